The summed E-state index contributed by atoms with van der Waals surface area (Å²) in [4.78, 5) is 0. The molecule has 0 aliphatic rings. The van der Waals surface area contributed by atoms with Crippen molar-refractivity contribution in [3.05, 3.63) is 40.7 Å². The van der Waals surface area contributed by atoms with E-state index in [0.717, 1.165) is 5.56 Å². The number of halogens is 3. The Bertz CT molecular complexity index is 279. The minimum absolute atomic E-state index is 0.197. The van der Waals surface area contributed by atoms with E-state index in [1.807, 2.05) is 0 Å². The second-order valence-electron chi connectivity index (χ2n) is 2.28. The van der Waals surface area contributed by atoms with Crippen molar-refractivity contribution in [1.82, 2.24) is 0 Å². The highest BCUT2D eigenvalue weighted by molar-refractivity contribution is 9.09. The van der Waals surface area contributed by atoms with Crippen LogP contribution < -0.4 is 0 Å². The first-order valence-electron chi connectivity index (χ1n) is 3.40. The van der Waals surface area contributed by atoms with Crippen LogP contribution in [0.2, 0.25) is 5.02 Å². The summed E-state index contributed by atoms with van der Waals surface area (Å²) >= 11 is 8.68. The third kappa shape index (κ3) is 2.95. The van der Waals surface area contributed by atoms with Crippen molar-refractivity contribution in [2.75, 3.05) is 5.33 Å². The van der Waals surface area contributed by atoms with E-state index in [2.05, 4.69) is 15.9 Å². The van der Waals surface area contributed by atoms with Crippen LogP contribution in [0.1, 0.15) is 5.56 Å². The van der Waals surface area contributed by atoms with Crippen LogP contribution in [0.15, 0.2) is 30.1 Å². The fourth-order valence-electron chi connectivity index (χ4n) is 0.778. The van der Waals surface area contributed by atoms with Crippen molar-refractivity contribution < 1.29 is 4.39 Å². The van der Waals surface area contributed by atoms with Gasteiger partial charge < -0.3 is 0 Å². The van der Waals surface area contributed by atoms with Gasteiger partial charge in [0.15, 0.2) is 0 Å². The van der Waals surface area contributed by atoms with Crippen molar-refractivity contribution in [2.45, 2.75) is 0 Å². The third-order valence-electron chi connectivity index (χ3n) is 1.32. The van der Waals surface area contributed by atoms with Crippen LogP contribution in [-0.2, 0) is 0 Å². The fourth-order valence-corrected chi connectivity index (χ4v) is 1.07. The van der Waals surface area contributed by atoms with Crippen molar-refractivity contribution in [3.63, 3.8) is 0 Å². The monoisotopic (exact) mass is 248 g/mol. The summed E-state index contributed by atoms with van der Waals surface area (Å²) in [6, 6.07) is 7.00. The fraction of sp³-hybridized carbons (Fsp3) is 0.111. The number of hydrogen-bond donors (Lipinski definition) is 0. The highest BCUT2D eigenvalue weighted by Crippen LogP contribution is 2.13. The second kappa shape index (κ2) is 4.63. The summed E-state index contributed by atoms with van der Waals surface area (Å²) < 4.78 is 12.7. The van der Waals surface area contributed by atoms with Crippen molar-refractivity contribution in [2.24, 2.45) is 0 Å². The number of alkyl halides is 1. The topological polar surface area (TPSA) is 0 Å². The normalized spacial score (nSPS) is 11.8. The third-order valence-corrected chi connectivity index (χ3v) is 2.11. The van der Waals surface area contributed by atoms with E-state index >= 15 is 0 Å². The standard InChI is InChI=1S/C9H7BrClF/c10-6-9(12)5-7-1-3-8(11)4-2-7/h1-5H,6H2/b9-5-. The summed E-state index contributed by atoms with van der Waals surface area (Å²) in [6.45, 7) is 0. The molecule has 0 radical (unpaired) electrons. The van der Waals surface area contributed by atoms with Crippen LogP contribution >= 0.6 is 27.5 Å². The van der Waals surface area contributed by atoms with Gasteiger partial charge in [0.25, 0.3) is 0 Å². The molecule has 3 heteroatoms. The molecule has 12 heavy (non-hydrogen) atoms. The quantitative estimate of drug-likeness (QED) is 0.694. The maximum atomic E-state index is 12.7. The Balaban J connectivity index is 2.84. The number of hydrogen-bond acceptors (Lipinski definition) is 0. The van der Waals surface area contributed by atoms with Crippen molar-refractivity contribution >= 4 is 33.6 Å². The lowest BCUT2D eigenvalue weighted by atomic mass is 10.2. The molecule has 0 spiro atoms. The molecule has 0 aliphatic carbocycles. The lowest BCUT2D eigenvalue weighted by Gasteiger charge is -1.93. The lowest BCUT2D eigenvalue weighted by Crippen LogP contribution is -1.75. The summed E-state index contributed by atoms with van der Waals surface area (Å²) in [5.41, 5.74) is 0.816. The van der Waals surface area contributed by atoms with Crippen LogP contribution in [0.25, 0.3) is 6.08 Å². The number of allylic oxidation sites excluding steroid dienone is 1. The molecule has 0 aromatic heterocycles. The summed E-state index contributed by atoms with van der Waals surface area (Å²) in [5, 5.41) is 0.904. The average molecular weight is 250 g/mol. The van der Waals surface area contributed by atoms with Gasteiger partial charge in [-0.05, 0) is 23.8 Å². The van der Waals surface area contributed by atoms with Gasteiger partial charge in [0.2, 0.25) is 0 Å². The minimum atomic E-state index is -0.197. The van der Waals surface area contributed by atoms with E-state index < -0.39 is 0 Å². The molecule has 1 aromatic rings. The zero-order valence-corrected chi connectivity index (χ0v) is 8.57. The molecule has 0 aliphatic heterocycles. The second-order valence-corrected chi connectivity index (χ2v) is 3.27. The first kappa shape index (κ1) is 9.75. The first-order chi connectivity index (χ1) is 5.72. The maximum Gasteiger partial charge on any atom is 0.111 e. The van der Waals surface area contributed by atoms with Gasteiger partial charge in [-0.3, -0.25) is 0 Å². The first-order valence-corrected chi connectivity index (χ1v) is 4.90. The van der Waals surface area contributed by atoms with Crippen LogP contribution in [0, 0.1) is 0 Å². The van der Waals surface area contributed by atoms with Crippen LogP contribution in [0.3, 0.4) is 0 Å². The smallest absolute Gasteiger partial charge is 0.111 e. The van der Waals surface area contributed by atoms with E-state index in [9.17, 15) is 4.39 Å². The van der Waals surface area contributed by atoms with Gasteiger partial charge in [-0.25, -0.2) is 4.39 Å². The number of benzene rings is 1. The summed E-state index contributed by atoms with van der Waals surface area (Å²) in [7, 11) is 0. The largest absolute Gasteiger partial charge is 0.211 e. The molecule has 1 rings (SSSR count). The molecule has 0 nitrogen and oxygen atoms in total. The molecule has 64 valence electrons. The van der Waals surface area contributed by atoms with E-state index in [4.69, 9.17) is 11.6 Å². The van der Waals surface area contributed by atoms with Gasteiger partial charge >= 0.3 is 0 Å². The predicted molar refractivity (Wildman–Crippen MR) is 54.3 cm³/mol. The van der Waals surface area contributed by atoms with Crippen molar-refractivity contribution in [3.8, 4) is 0 Å². The lowest BCUT2D eigenvalue weighted by molar-refractivity contribution is 0.654. The van der Waals surface area contributed by atoms with Crippen LogP contribution in [-0.4, -0.2) is 5.33 Å². The van der Waals surface area contributed by atoms with Gasteiger partial charge in [0.1, 0.15) is 5.83 Å². The predicted octanol–water partition coefficient (Wildman–Crippen LogP) is 4.05. The molecule has 0 atom stereocenters. The van der Waals surface area contributed by atoms with Crippen molar-refractivity contribution in [1.29, 1.82) is 0 Å². The minimum Gasteiger partial charge on any atom is -0.211 e. The van der Waals surface area contributed by atoms with Crippen LogP contribution in [0.5, 0.6) is 0 Å². The molecule has 0 unspecified atom stereocenters. The zero-order chi connectivity index (χ0) is 8.97. The Morgan fingerprint density at radius 2 is 2.00 bits per heavy atom. The SMILES string of the molecule is F/C(=C\c1ccc(Cl)cc1)CBr. The van der Waals surface area contributed by atoms with Crippen LogP contribution in [0.4, 0.5) is 4.39 Å². The highest BCUT2D eigenvalue weighted by atomic mass is 79.9. The van der Waals surface area contributed by atoms with Gasteiger partial charge in [-0.15, -0.1) is 0 Å². The van der Waals surface area contributed by atoms with Gasteiger partial charge in [0.05, 0.1) is 5.33 Å². The van der Waals surface area contributed by atoms with E-state index in [1.54, 1.807) is 24.3 Å². The average Bonchev–Trinajstić information content (AvgIpc) is 2.09. The molecule has 0 saturated carbocycles. The van der Waals surface area contributed by atoms with Gasteiger partial charge in [-0.2, -0.15) is 0 Å². The molecule has 0 fully saturated rings. The number of rotatable bonds is 2. The Hall–Kier alpha value is -0.340. The van der Waals surface area contributed by atoms with Gasteiger partial charge in [0, 0.05) is 5.02 Å². The molecular weight excluding hydrogens is 242 g/mol. The van der Waals surface area contributed by atoms with E-state index in [-0.39, 0.29) is 11.2 Å². The molecule has 0 amide bonds. The Labute approximate surface area is 84.2 Å². The highest BCUT2D eigenvalue weighted by Gasteiger charge is 1.92. The molecule has 0 heterocycles. The molecule has 1 aromatic carbocycles. The van der Waals surface area contributed by atoms with E-state index in [1.165, 1.54) is 6.08 Å². The summed E-state index contributed by atoms with van der Waals surface area (Å²) in [5.74, 6) is -0.197. The molecule has 0 bridgehead atoms. The molecular formula is C9H7BrClF. The van der Waals surface area contributed by atoms with E-state index in [0.29, 0.717) is 5.02 Å². The Kier molecular flexibility index (Phi) is 3.76. The van der Waals surface area contributed by atoms with Gasteiger partial charge in [-0.1, -0.05) is 39.7 Å². The zero-order valence-electron chi connectivity index (χ0n) is 6.23. The molecule has 0 N–H and O–H groups in total. The summed E-state index contributed by atoms with van der Waals surface area (Å²) in [6.07, 6.45) is 1.46. The Morgan fingerprint density at radius 1 is 1.42 bits per heavy atom. The Morgan fingerprint density at radius 3 is 2.50 bits per heavy atom. The molecule has 0 saturated heterocycles. The maximum absolute atomic E-state index is 12.7.